The van der Waals surface area contributed by atoms with Gasteiger partial charge in [-0.1, -0.05) is 18.2 Å². The lowest BCUT2D eigenvalue weighted by Gasteiger charge is -2.30. The van der Waals surface area contributed by atoms with E-state index in [-0.39, 0.29) is 11.5 Å². The number of hydrogen-bond donors (Lipinski definition) is 2. The third kappa shape index (κ3) is 2.93. The number of nitrogens with one attached hydrogen (secondary N) is 1. The Balaban J connectivity index is 1.68. The summed E-state index contributed by atoms with van der Waals surface area (Å²) in [7, 11) is 0. The molecule has 0 saturated carbocycles. The first kappa shape index (κ1) is 17.4. The number of likely N-dealkylation sites (tertiary alicyclic amines) is 1. The normalized spacial score (nSPS) is 15.2. The molecule has 0 bridgehead atoms. The maximum absolute atomic E-state index is 12.5. The fraction of sp³-hybridized carbons (Fsp3) is 0.238. The van der Waals surface area contributed by atoms with Gasteiger partial charge in [0.1, 0.15) is 5.65 Å². The van der Waals surface area contributed by atoms with Crippen LogP contribution in [0.1, 0.15) is 24.5 Å². The molecule has 8 nitrogen and oxygen atoms in total. The highest BCUT2D eigenvalue weighted by Gasteiger charge is 2.26. The third-order valence-corrected chi connectivity index (χ3v) is 5.62. The molecule has 0 aliphatic carbocycles. The molecular weight excluding hydrogens is 370 g/mol. The van der Waals surface area contributed by atoms with Crippen molar-refractivity contribution in [1.29, 1.82) is 0 Å². The zero-order valence-corrected chi connectivity index (χ0v) is 15.6. The molecule has 1 aliphatic heterocycles. The summed E-state index contributed by atoms with van der Waals surface area (Å²) >= 11 is 0. The Hall–Kier alpha value is -3.68. The van der Waals surface area contributed by atoms with Crippen LogP contribution in [0.15, 0.2) is 53.6 Å². The molecule has 4 heterocycles. The van der Waals surface area contributed by atoms with Crippen molar-refractivity contribution in [2.24, 2.45) is 0 Å². The van der Waals surface area contributed by atoms with Crippen LogP contribution in [0.25, 0.3) is 27.7 Å². The minimum absolute atomic E-state index is 0.0755. The zero-order valence-electron chi connectivity index (χ0n) is 15.6. The average Bonchev–Trinajstić information content (AvgIpc) is 3.12. The van der Waals surface area contributed by atoms with Crippen LogP contribution < -0.4 is 5.56 Å². The van der Waals surface area contributed by atoms with Crippen molar-refractivity contribution in [3.05, 3.63) is 64.8 Å². The number of hydrogen-bond acceptors (Lipinski definition) is 4. The molecule has 8 heteroatoms. The van der Waals surface area contributed by atoms with E-state index in [9.17, 15) is 14.7 Å². The molecule has 0 unspecified atom stereocenters. The first-order chi connectivity index (χ1) is 14.1. The van der Waals surface area contributed by atoms with Gasteiger partial charge in [-0.05, 0) is 30.5 Å². The molecule has 1 saturated heterocycles. The first-order valence-electron chi connectivity index (χ1n) is 9.55. The van der Waals surface area contributed by atoms with Gasteiger partial charge in [-0.3, -0.25) is 9.78 Å². The number of aromatic amines is 1. The Bertz CT molecular complexity index is 1270. The SMILES string of the molecule is O=C(O)N1CCC(c2cc(=O)[nH]c3c4c(-c5cccnc5)cccc4nn23)CC1. The molecule has 4 aromatic rings. The molecule has 1 fully saturated rings. The monoisotopic (exact) mass is 389 g/mol. The maximum Gasteiger partial charge on any atom is 0.407 e. The van der Waals surface area contributed by atoms with Crippen molar-refractivity contribution in [2.45, 2.75) is 18.8 Å². The quantitative estimate of drug-likeness (QED) is 0.548. The lowest BCUT2D eigenvalue weighted by Crippen LogP contribution is -2.37. The Labute approximate surface area is 165 Å². The second-order valence-electron chi connectivity index (χ2n) is 7.30. The van der Waals surface area contributed by atoms with Crippen LogP contribution in [0.2, 0.25) is 0 Å². The summed E-state index contributed by atoms with van der Waals surface area (Å²) in [4.78, 5) is 32.3. The van der Waals surface area contributed by atoms with Gasteiger partial charge in [0.15, 0.2) is 0 Å². The summed E-state index contributed by atoms with van der Waals surface area (Å²) in [5, 5.41) is 14.8. The fourth-order valence-electron chi connectivity index (χ4n) is 4.21. The molecule has 0 radical (unpaired) electrons. The van der Waals surface area contributed by atoms with Crippen molar-refractivity contribution >= 4 is 22.6 Å². The molecule has 1 aliphatic rings. The van der Waals surface area contributed by atoms with E-state index < -0.39 is 6.09 Å². The van der Waals surface area contributed by atoms with E-state index in [0.29, 0.717) is 31.6 Å². The van der Waals surface area contributed by atoms with Crippen LogP contribution in [0.3, 0.4) is 0 Å². The number of piperidine rings is 1. The highest BCUT2D eigenvalue weighted by molar-refractivity contribution is 6.03. The molecule has 146 valence electrons. The van der Waals surface area contributed by atoms with Crippen molar-refractivity contribution < 1.29 is 9.90 Å². The number of aromatic nitrogens is 4. The number of benzene rings is 1. The zero-order chi connectivity index (χ0) is 20.0. The van der Waals surface area contributed by atoms with Crippen LogP contribution in [0.5, 0.6) is 0 Å². The predicted molar refractivity (Wildman–Crippen MR) is 108 cm³/mol. The molecular formula is C21H19N5O3. The van der Waals surface area contributed by atoms with E-state index in [1.54, 1.807) is 18.5 Å². The Morgan fingerprint density at radius 3 is 2.72 bits per heavy atom. The van der Waals surface area contributed by atoms with Gasteiger partial charge >= 0.3 is 6.09 Å². The molecule has 5 rings (SSSR count). The molecule has 3 aromatic heterocycles. The molecule has 29 heavy (non-hydrogen) atoms. The maximum atomic E-state index is 12.5. The first-order valence-corrected chi connectivity index (χ1v) is 9.55. The molecule has 2 N–H and O–H groups in total. The number of pyridine rings is 1. The average molecular weight is 389 g/mol. The van der Waals surface area contributed by atoms with E-state index in [1.165, 1.54) is 4.90 Å². The lowest BCUT2D eigenvalue weighted by atomic mass is 9.93. The Kier molecular flexibility index (Phi) is 4.04. The van der Waals surface area contributed by atoms with Gasteiger partial charge < -0.3 is 15.0 Å². The minimum Gasteiger partial charge on any atom is -0.465 e. The summed E-state index contributed by atoms with van der Waals surface area (Å²) in [5.41, 5.74) is 3.99. The van der Waals surface area contributed by atoms with Crippen molar-refractivity contribution in [2.75, 3.05) is 13.1 Å². The van der Waals surface area contributed by atoms with Gasteiger partial charge in [0.25, 0.3) is 5.56 Å². The lowest BCUT2D eigenvalue weighted by molar-refractivity contribution is 0.131. The number of carbonyl (C=O) groups is 1. The number of carboxylic acid groups (broad SMARTS) is 1. The van der Waals surface area contributed by atoms with E-state index >= 15 is 0 Å². The number of nitrogens with zero attached hydrogens (tertiary/aromatic N) is 4. The second-order valence-corrected chi connectivity index (χ2v) is 7.30. The number of H-pyrrole nitrogens is 1. The summed E-state index contributed by atoms with van der Waals surface area (Å²) in [6.07, 6.45) is 3.95. The highest BCUT2D eigenvalue weighted by atomic mass is 16.4. The second kappa shape index (κ2) is 6.73. The number of rotatable bonds is 2. The van der Waals surface area contributed by atoms with E-state index in [4.69, 9.17) is 5.10 Å². The van der Waals surface area contributed by atoms with Crippen molar-refractivity contribution in [3.63, 3.8) is 0 Å². The molecule has 1 aromatic carbocycles. The smallest absolute Gasteiger partial charge is 0.407 e. The van der Waals surface area contributed by atoms with Gasteiger partial charge in [0.2, 0.25) is 0 Å². The third-order valence-electron chi connectivity index (χ3n) is 5.62. The van der Waals surface area contributed by atoms with Crippen LogP contribution in [0.4, 0.5) is 4.79 Å². The predicted octanol–water partition coefficient (Wildman–Crippen LogP) is 3.10. The van der Waals surface area contributed by atoms with E-state index in [2.05, 4.69) is 9.97 Å². The van der Waals surface area contributed by atoms with Crippen molar-refractivity contribution in [3.8, 4) is 11.1 Å². The van der Waals surface area contributed by atoms with Crippen LogP contribution in [-0.2, 0) is 0 Å². The van der Waals surface area contributed by atoms with Crippen LogP contribution >= 0.6 is 0 Å². The highest BCUT2D eigenvalue weighted by Crippen LogP contribution is 2.33. The summed E-state index contributed by atoms with van der Waals surface area (Å²) in [6.45, 7) is 0.909. The Morgan fingerprint density at radius 2 is 2.00 bits per heavy atom. The van der Waals surface area contributed by atoms with Crippen molar-refractivity contribution in [1.82, 2.24) is 24.5 Å². The topological polar surface area (TPSA) is 104 Å². The summed E-state index contributed by atoms with van der Waals surface area (Å²) < 4.78 is 1.81. The molecule has 0 atom stereocenters. The largest absolute Gasteiger partial charge is 0.465 e. The van der Waals surface area contributed by atoms with E-state index in [0.717, 1.165) is 27.7 Å². The standard InChI is InChI=1S/C21H19N5O3/c27-18-11-17(13-6-9-25(10-7-13)21(28)29)26-20(23-18)19-15(4-1-5-16(19)24-26)14-3-2-8-22-12-14/h1-5,8,11-13H,6-7,9-10H2,(H,23,27)(H,28,29). The number of amides is 1. The van der Waals surface area contributed by atoms with Gasteiger partial charge in [-0.15, -0.1) is 0 Å². The minimum atomic E-state index is -0.898. The van der Waals surface area contributed by atoms with Gasteiger partial charge in [0, 0.05) is 43.0 Å². The van der Waals surface area contributed by atoms with Gasteiger partial charge in [-0.2, -0.15) is 5.10 Å². The fourth-order valence-corrected chi connectivity index (χ4v) is 4.21. The summed E-state index contributed by atoms with van der Waals surface area (Å²) in [5.74, 6) is 0.0755. The van der Waals surface area contributed by atoms with Gasteiger partial charge in [0.05, 0.1) is 16.6 Å². The number of fused-ring (bicyclic) bond motifs is 3. The summed E-state index contributed by atoms with van der Waals surface area (Å²) in [6, 6.07) is 11.3. The molecule has 1 amide bonds. The van der Waals surface area contributed by atoms with Gasteiger partial charge in [-0.25, -0.2) is 9.31 Å². The van der Waals surface area contributed by atoms with Crippen LogP contribution in [0, 0.1) is 0 Å². The van der Waals surface area contributed by atoms with Crippen LogP contribution in [-0.4, -0.2) is 48.8 Å². The Morgan fingerprint density at radius 1 is 1.17 bits per heavy atom. The molecule has 0 spiro atoms. The van der Waals surface area contributed by atoms with E-state index in [1.807, 2.05) is 34.8 Å².